The molecule has 0 fully saturated rings. The molecule has 0 saturated heterocycles. The molecular formula is C11H23ClO2. The largest absolute Gasteiger partial charge is 0.381 e. The second kappa shape index (κ2) is 11.3. The van der Waals surface area contributed by atoms with Gasteiger partial charge in [-0.1, -0.05) is 0 Å². The predicted octanol–water partition coefficient (Wildman–Crippen LogP) is 3.23. The SMILES string of the molecule is CC(C)OCCCCOCCCCCl. The van der Waals surface area contributed by atoms with Crippen LogP contribution in [0.3, 0.4) is 0 Å². The Bertz CT molecular complexity index is 107. The van der Waals surface area contributed by atoms with Crippen molar-refractivity contribution >= 4 is 11.6 Å². The summed E-state index contributed by atoms with van der Waals surface area (Å²) < 4.78 is 10.8. The van der Waals surface area contributed by atoms with Crippen molar-refractivity contribution < 1.29 is 9.47 Å². The number of halogens is 1. The first kappa shape index (κ1) is 14.2. The zero-order chi connectivity index (χ0) is 10.6. The molecule has 0 saturated carbocycles. The minimum Gasteiger partial charge on any atom is -0.381 e. The Labute approximate surface area is 92.9 Å². The van der Waals surface area contributed by atoms with E-state index in [-0.39, 0.29) is 0 Å². The van der Waals surface area contributed by atoms with Gasteiger partial charge in [0.05, 0.1) is 6.10 Å². The van der Waals surface area contributed by atoms with Crippen molar-refractivity contribution in [1.82, 2.24) is 0 Å². The van der Waals surface area contributed by atoms with Crippen molar-refractivity contribution in [2.75, 3.05) is 25.7 Å². The van der Waals surface area contributed by atoms with Gasteiger partial charge in [-0.2, -0.15) is 0 Å². The number of unbranched alkanes of at least 4 members (excludes halogenated alkanes) is 2. The van der Waals surface area contributed by atoms with E-state index in [1.807, 2.05) is 0 Å². The Morgan fingerprint density at radius 2 is 1.50 bits per heavy atom. The standard InChI is InChI=1S/C11H23ClO2/c1-11(2)14-10-6-5-9-13-8-4-3-7-12/h11H,3-10H2,1-2H3. The van der Waals surface area contributed by atoms with E-state index >= 15 is 0 Å². The van der Waals surface area contributed by atoms with Gasteiger partial charge >= 0.3 is 0 Å². The molecule has 0 rings (SSSR count). The van der Waals surface area contributed by atoms with Gasteiger partial charge in [0, 0.05) is 25.7 Å². The highest BCUT2D eigenvalue weighted by atomic mass is 35.5. The van der Waals surface area contributed by atoms with E-state index in [1.54, 1.807) is 0 Å². The highest BCUT2D eigenvalue weighted by Crippen LogP contribution is 1.97. The van der Waals surface area contributed by atoms with Crippen LogP contribution in [-0.2, 0) is 9.47 Å². The highest BCUT2D eigenvalue weighted by molar-refractivity contribution is 6.17. The topological polar surface area (TPSA) is 18.5 Å². The number of hydrogen-bond acceptors (Lipinski definition) is 2. The van der Waals surface area contributed by atoms with Gasteiger partial charge in [-0.05, 0) is 39.5 Å². The average molecular weight is 223 g/mol. The molecule has 2 nitrogen and oxygen atoms in total. The molecule has 0 aliphatic heterocycles. The van der Waals surface area contributed by atoms with Crippen LogP contribution < -0.4 is 0 Å². The van der Waals surface area contributed by atoms with Gasteiger partial charge in [0.2, 0.25) is 0 Å². The molecule has 0 aliphatic carbocycles. The Balaban J connectivity index is 2.85. The predicted molar refractivity (Wildman–Crippen MR) is 61.1 cm³/mol. The van der Waals surface area contributed by atoms with E-state index in [0.717, 1.165) is 51.4 Å². The third kappa shape index (κ3) is 12.2. The fourth-order valence-electron chi connectivity index (χ4n) is 1.03. The zero-order valence-electron chi connectivity index (χ0n) is 9.43. The van der Waals surface area contributed by atoms with E-state index in [2.05, 4.69) is 13.8 Å². The molecule has 0 radical (unpaired) electrons. The molecule has 0 aromatic rings. The summed E-state index contributed by atoms with van der Waals surface area (Å²) >= 11 is 5.54. The van der Waals surface area contributed by atoms with Crippen molar-refractivity contribution in [3.05, 3.63) is 0 Å². The van der Waals surface area contributed by atoms with E-state index in [1.165, 1.54) is 0 Å². The van der Waals surface area contributed by atoms with E-state index < -0.39 is 0 Å². The summed E-state index contributed by atoms with van der Waals surface area (Å²) in [6.45, 7) is 6.66. The summed E-state index contributed by atoms with van der Waals surface area (Å²) in [7, 11) is 0. The van der Waals surface area contributed by atoms with Crippen LogP contribution in [0.4, 0.5) is 0 Å². The monoisotopic (exact) mass is 222 g/mol. The van der Waals surface area contributed by atoms with Crippen molar-refractivity contribution in [3.63, 3.8) is 0 Å². The minimum atomic E-state index is 0.347. The van der Waals surface area contributed by atoms with Crippen LogP contribution in [-0.4, -0.2) is 31.8 Å². The Morgan fingerprint density at radius 1 is 0.929 bits per heavy atom. The summed E-state index contributed by atoms with van der Waals surface area (Å²) in [4.78, 5) is 0. The van der Waals surface area contributed by atoms with Gasteiger partial charge in [-0.3, -0.25) is 0 Å². The molecule has 0 atom stereocenters. The van der Waals surface area contributed by atoms with Gasteiger partial charge in [0.25, 0.3) is 0 Å². The fourth-order valence-corrected chi connectivity index (χ4v) is 1.21. The molecule has 14 heavy (non-hydrogen) atoms. The summed E-state index contributed by atoms with van der Waals surface area (Å²) in [6, 6.07) is 0. The quantitative estimate of drug-likeness (QED) is 0.418. The number of alkyl halides is 1. The third-order valence-electron chi connectivity index (χ3n) is 1.81. The first-order valence-corrected chi connectivity index (χ1v) is 6.06. The summed E-state index contributed by atoms with van der Waals surface area (Å²) in [5.41, 5.74) is 0. The fraction of sp³-hybridized carbons (Fsp3) is 1.00. The van der Waals surface area contributed by atoms with E-state index in [0.29, 0.717) is 6.10 Å². The van der Waals surface area contributed by atoms with Crippen molar-refractivity contribution in [3.8, 4) is 0 Å². The average Bonchev–Trinajstić information content (AvgIpc) is 2.15. The van der Waals surface area contributed by atoms with Crippen LogP contribution in [0.5, 0.6) is 0 Å². The third-order valence-corrected chi connectivity index (χ3v) is 2.07. The van der Waals surface area contributed by atoms with Crippen LogP contribution >= 0.6 is 11.6 Å². The lowest BCUT2D eigenvalue weighted by Gasteiger charge is -2.07. The van der Waals surface area contributed by atoms with Crippen molar-refractivity contribution in [2.45, 2.75) is 45.6 Å². The smallest absolute Gasteiger partial charge is 0.0518 e. The van der Waals surface area contributed by atoms with Gasteiger partial charge in [0.15, 0.2) is 0 Å². The van der Waals surface area contributed by atoms with Crippen molar-refractivity contribution in [2.24, 2.45) is 0 Å². The second-order valence-electron chi connectivity index (χ2n) is 3.64. The summed E-state index contributed by atoms with van der Waals surface area (Å²) in [5, 5.41) is 0. The first-order valence-electron chi connectivity index (χ1n) is 5.52. The lowest BCUT2D eigenvalue weighted by atomic mass is 10.3. The molecule has 0 aromatic heterocycles. The number of ether oxygens (including phenoxy) is 2. The number of hydrogen-bond donors (Lipinski definition) is 0. The second-order valence-corrected chi connectivity index (χ2v) is 4.01. The maximum atomic E-state index is 5.54. The summed E-state index contributed by atoms with van der Waals surface area (Å²) in [5.74, 6) is 0.742. The molecule has 0 aliphatic rings. The van der Waals surface area contributed by atoms with Crippen LogP contribution in [0.15, 0.2) is 0 Å². The summed E-state index contributed by atoms with van der Waals surface area (Å²) in [6.07, 6.45) is 4.66. The maximum absolute atomic E-state index is 5.54. The van der Waals surface area contributed by atoms with Gasteiger partial charge in [-0.15, -0.1) is 11.6 Å². The molecule has 3 heteroatoms. The van der Waals surface area contributed by atoms with Crippen molar-refractivity contribution in [1.29, 1.82) is 0 Å². The lowest BCUT2D eigenvalue weighted by molar-refractivity contribution is 0.0662. The Kier molecular flexibility index (Phi) is 11.5. The van der Waals surface area contributed by atoms with Crippen LogP contribution in [0.2, 0.25) is 0 Å². The Hall–Kier alpha value is 0.210. The minimum absolute atomic E-state index is 0.347. The molecule has 0 spiro atoms. The first-order chi connectivity index (χ1) is 6.77. The molecule has 86 valence electrons. The molecule has 0 heterocycles. The van der Waals surface area contributed by atoms with Gasteiger partial charge in [-0.25, -0.2) is 0 Å². The maximum Gasteiger partial charge on any atom is 0.0518 e. The number of rotatable bonds is 10. The molecule has 0 bridgehead atoms. The normalized spacial score (nSPS) is 11.1. The molecule has 0 N–H and O–H groups in total. The molecule has 0 unspecified atom stereocenters. The molecule has 0 aromatic carbocycles. The van der Waals surface area contributed by atoms with Gasteiger partial charge in [0.1, 0.15) is 0 Å². The molecule has 0 amide bonds. The Morgan fingerprint density at radius 3 is 2.07 bits per heavy atom. The lowest BCUT2D eigenvalue weighted by Crippen LogP contribution is -2.05. The van der Waals surface area contributed by atoms with E-state index in [9.17, 15) is 0 Å². The van der Waals surface area contributed by atoms with Crippen LogP contribution in [0.1, 0.15) is 39.5 Å². The zero-order valence-corrected chi connectivity index (χ0v) is 10.2. The van der Waals surface area contributed by atoms with Gasteiger partial charge < -0.3 is 9.47 Å². The van der Waals surface area contributed by atoms with Crippen LogP contribution in [0.25, 0.3) is 0 Å². The molecular weight excluding hydrogens is 200 g/mol. The van der Waals surface area contributed by atoms with E-state index in [4.69, 9.17) is 21.1 Å². The van der Waals surface area contributed by atoms with Crippen LogP contribution in [0, 0.1) is 0 Å². The highest BCUT2D eigenvalue weighted by Gasteiger charge is 1.93.